The minimum Gasteiger partial charge on any atom is -0.489 e. The maximum absolute atomic E-state index is 6.16. The predicted octanol–water partition coefficient (Wildman–Crippen LogP) is 4.68. The van der Waals surface area contributed by atoms with Crippen molar-refractivity contribution in [3.63, 3.8) is 0 Å². The van der Waals surface area contributed by atoms with E-state index in [2.05, 4.69) is 11.8 Å². The lowest BCUT2D eigenvalue weighted by atomic mass is 10.2. The smallest absolute Gasteiger partial charge is 0.121 e. The lowest BCUT2D eigenvalue weighted by Crippen LogP contribution is -1.95. The fourth-order valence-electron chi connectivity index (χ4n) is 1.61. The van der Waals surface area contributed by atoms with Crippen molar-refractivity contribution in [2.75, 3.05) is 0 Å². The first kappa shape index (κ1) is 13.5. The Bertz CT molecular complexity index is 594. The summed E-state index contributed by atoms with van der Waals surface area (Å²) in [6, 6.07) is 15.6. The highest BCUT2D eigenvalue weighted by Crippen LogP contribution is 2.22. The van der Waals surface area contributed by atoms with E-state index in [9.17, 15) is 0 Å². The Morgan fingerprint density at radius 2 is 1.89 bits per heavy atom. The summed E-state index contributed by atoms with van der Waals surface area (Å²) in [6.45, 7) is 2.55. The Morgan fingerprint density at radius 1 is 1.11 bits per heavy atom. The number of hydrogen-bond acceptors (Lipinski definition) is 1. The van der Waals surface area contributed by atoms with Crippen LogP contribution in [-0.2, 0) is 6.61 Å². The van der Waals surface area contributed by atoms with Gasteiger partial charge < -0.3 is 4.74 Å². The largest absolute Gasteiger partial charge is 0.489 e. The molecule has 0 saturated carbocycles. The molecule has 2 aromatic carbocycles. The zero-order valence-corrected chi connectivity index (χ0v) is 11.6. The van der Waals surface area contributed by atoms with Gasteiger partial charge in [0.05, 0.1) is 5.02 Å². The Balaban J connectivity index is 2.04. The number of hydrogen-bond donors (Lipinski definition) is 0. The Morgan fingerprint density at radius 3 is 2.58 bits per heavy atom. The fourth-order valence-corrected chi connectivity index (χ4v) is 1.83. The van der Waals surface area contributed by atoms with Crippen LogP contribution < -0.4 is 4.74 Å². The lowest BCUT2D eigenvalue weighted by Gasteiger charge is -2.07. The molecular formula is C17H15ClO. The minimum atomic E-state index is 0.539. The van der Waals surface area contributed by atoms with E-state index in [1.807, 2.05) is 55.5 Å². The summed E-state index contributed by atoms with van der Waals surface area (Å²) in [6.07, 6.45) is 0.822. The van der Waals surface area contributed by atoms with E-state index in [1.165, 1.54) is 0 Å². The van der Waals surface area contributed by atoms with Gasteiger partial charge in [0.15, 0.2) is 0 Å². The number of ether oxygens (including phenoxy) is 1. The monoisotopic (exact) mass is 270 g/mol. The van der Waals surface area contributed by atoms with E-state index in [4.69, 9.17) is 16.3 Å². The van der Waals surface area contributed by atoms with Gasteiger partial charge >= 0.3 is 0 Å². The van der Waals surface area contributed by atoms with Crippen molar-refractivity contribution in [3.05, 3.63) is 64.7 Å². The van der Waals surface area contributed by atoms with Gasteiger partial charge in [0, 0.05) is 18.1 Å². The van der Waals surface area contributed by atoms with E-state index in [0.717, 1.165) is 23.3 Å². The van der Waals surface area contributed by atoms with E-state index in [1.54, 1.807) is 0 Å². The molecule has 1 nitrogen and oxygen atoms in total. The molecule has 0 atom stereocenters. The molecule has 0 N–H and O–H groups in total. The van der Waals surface area contributed by atoms with Gasteiger partial charge in [-0.2, -0.15) is 0 Å². The van der Waals surface area contributed by atoms with Crippen LogP contribution in [-0.4, -0.2) is 0 Å². The van der Waals surface area contributed by atoms with Crippen molar-refractivity contribution in [2.24, 2.45) is 0 Å². The van der Waals surface area contributed by atoms with Gasteiger partial charge in [-0.25, -0.2) is 0 Å². The first-order valence-electron chi connectivity index (χ1n) is 6.24. The second-order valence-corrected chi connectivity index (χ2v) is 4.48. The first-order valence-corrected chi connectivity index (χ1v) is 6.62. The Hall–Kier alpha value is -1.91. The van der Waals surface area contributed by atoms with Crippen molar-refractivity contribution in [2.45, 2.75) is 20.0 Å². The van der Waals surface area contributed by atoms with Gasteiger partial charge in [-0.05, 0) is 17.7 Å². The summed E-state index contributed by atoms with van der Waals surface area (Å²) in [5.41, 5.74) is 1.98. The Labute approximate surface area is 119 Å². The second kappa shape index (κ2) is 6.87. The molecular weight excluding hydrogens is 256 g/mol. The van der Waals surface area contributed by atoms with Crippen LogP contribution in [0.25, 0.3) is 0 Å². The maximum Gasteiger partial charge on any atom is 0.121 e. The standard InChI is InChI=1S/C17H15ClO/c1-2-3-9-15-10-11-16(12-17(15)18)19-13-14-7-5-4-6-8-14/h4-8,10-12H,2,13H2,1H3. The zero-order valence-electron chi connectivity index (χ0n) is 10.8. The first-order chi connectivity index (χ1) is 9.29. The fraction of sp³-hybridized carbons (Fsp3) is 0.176. The second-order valence-electron chi connectivity index (χ2n) is 4.07. The zero-order chi connectivity index (χ0) is 13.5. The van der Waals surface area contributed by atoms with Gasteiger partial charge in [0.25, 0.3) is 0 Å². The topological polar surface area (TPSA) is 9.23 Å². The molecule has 0 aliphatic rings. The van der Waals surface area contributed by atoms with Crippen LogP contribution in [0, 0.1) is 11.8 Å². The highest BCUT2D eigenvalue weighted by atomic mass is 35.5. The molecule has 2 heteroatoms. The third-order valence-corrected chi connectivity index (χ3v) is 2.90. The average Bonchev–Trinajstić information content (AvgIpc) is 2.45. The van der Waals surface area contributed by atoms with E-state index in [0.29, 0.717) is 11.6 Å². The van der Waals surface area contributed by atoms with Crippen molar-refractivity contribution in [1.29, 1.82) is 0 Å². The molecule has 0 fully saturated rings. The maximum atomic E-state index is 6.16. The van der Waals surface area contributed by atoms with Crippen LogP contribution in [0.15, 0.2) is 48.5 Å². The quantitative estimate of drug-likeness (QED) is 0.736. The average molecular weight is 271 g/mol. The summed E-state index contributed by atoms with van der Waals surface area (Å²) < 4.78 is 5.70. The van der Waals surface area contributed by atoms with Crippen LogP contribution in [0.5, 0.6) is 5.75 Å². The van der Waals surface area contributed by atoms with E-state index in [-0.39, 0.29) is 0 Å². The van der Waals surface area contributed by atoms with Crippen LogP contribution in [0.3, 0.4) is 0 Å². The van der Waals surface area contributed by atoms with Crippen LogP contribution in [0.4, 0.5) is 0 Å². The molecule has 0 radical (unpaired) electrons. The van der Waals surface area contributed by atoms with Crippen molar-refractivity contribution < 1.29 is 4.74 Å². The predicted molar refractivity (Wildman–Crippen MR) is 79.4 cm³/mol. The van der Waals surface area contributed by atoms with Gasteiger partial charge in [-0.3, -0.25) is 0 Å². The summed E-state index contributed by atoms with van der Waals surface area (Å²) >= 11 is 6.16. The molecule has 2 aromatic rings. The SMILES string of the molecule is CCC#Cc1ccc(OCc2ccccc2)cc1Cl. The summed E-state index contributed by atoms with van der Waals surface area (Å²) in [5, 5.41) is 0.631. The molecule has 0 unspecified atom stereocenters. The van der Waals surface area contributed by atoms with Gasteiger partial charge in [0.1, 0.15) is 12.4 Å². The normalized spacial score (nSPS) is 9.58. The number of rotatable bonds is 3. The van der Waals surface area contributed by atoms with Gasteiger partial charge in [0.2, 0.25) is 0 Å². The summed E-state index contributed by atoms with van der Waals surface area (Å²) in [5.74, 6) is 6.79. The molecule has 0 aliphatic carbocycles. The highest BCUT2D eigenvalue weighted by molar-refractivity contribution is 6.31. The van der Waals surface area contributed by atoms with Crippen molar-refractivity contribution in [1.82, 2.24) is 0 Å². The molecule has 2 rings (SSSR count). The highest BCUT2D eigenvalue weighted by Gasteiger charge is 2.01. The minimum absolute atomic E-state index is 0.539. The third kappa shape index (κ3) is 4.05. The number of halogens is 1. The molecule has 0 aromatic heterocycles. The molecule has 0 amide bonds. The van der Waals surface area contributed by atoms with Crippen LogP contribution in [0.2, 0.25) is 5.02 Å². The molecule has 0 saturated heterocycles. The van der Waals surface area contributed by atoms with E-state index >= 15 is 0 Å². The van der Waals surface area contributed by atoms with Crippen molar-refractivity contribution >= 4 is 11.6 Å². The van der Waals surface area contributed by atoms with E-state index < -0.39 is 0 Å². The summed E-state index contributed by atoms with van der Waals surface area (Å²) in [4.78, 5) is 0. The number of benzene rings is 2. The molecule has 0 heterocycles. The molecule has 96 valence electrons. The molecule has 0 bridgehead atoms. The van der Waals surface area contributed by atoms with Gasteiger partial charge in [-0.1, -0.05) is 60.7 Å². The van der Waals surface area contributed by atoms with Gasteiger partial charge in [-0.15, -0.1) is 0 Å². The molecule has 0 spiro atoms. The van der Waals surface area contributed by atoms with Crippen LogP contribution >= 0.6 is 11.6 Å². The third-order valence-electron chi connectivity index (χ3n) is 2.59. The van der Waals surface area contributed by atoms with Crippen molar-refractivity contribution in [3.8, 4) is 17.6 Å². The molecule has 0 aliphatic heterocycles. The Kier molecular flexibility index (Phi) is 4.89. The molecule has 19 heavy (non-hydrogen) atoms. The lowest BCUT2D eigenvalue weighted by molar-refractivity contribution is 0.306. The van der Waals surface area contributed by atoms with Crippen LogP contribution in [0.1, 0.15) is 24.5 Å². The summed E-state index contributed by atoms with van der Waals surface area (Å²) in [7, 11) is 0.